The van der Waals surface area contributed by atoms with Gasteiger partial charge in [0.25, 0.3) is 5.91 Å². The lowest BCUT2D eigenvalue weighted by Crippen LogP contribution is -2.14. The predicted molar refractivity (Wildman–Crippen MR) is 102 cm³/mol. The van der Waals surface area contributed by atoms with E-state index in [1.165, 1.54) is 24.2 Å². The van der Waals surface area contributed by atoms with E-state index >= 15 is 0 Å². The normalized spacial score (nSPS) is 16.7. The first-order valence-electron chi connectivity index (χ1n) is 9.11. The number of thiazole rings is 1. The van der Waals surface area contributed by atoms with E-state index in [-0.39, 0.29) is 5.91 Å². The molecule has 5 rings (SSSR count). The molecule has 0 spiro atoms. The summed E-state index contributed by atoms with van der Waals surface area (Å²) in [5, 5.41) is 10.3. The van der Waals surface area contributed by atoms with Gasteiger partial charge in [0.05, 0.1) is 28.8 Å². The highest BCUT2D eigenvalue weighted by atomic mass is 32.1. The second-order valence-electron chi connectivity index (χ2n) is 7.22. The molecule has 0 radical (unpaired) electrons. The smallest absolute Gasteiger partial charge is 0.260 e. The van der Waals surface area contributed by atoms with Crippen LogP contribution >= 0.6 is 11.3 Å². The quantitative estimate of drug-likeness (QED) is 0.717. The van der Waals surface area contributed by atoms with Crippen molar-refractivity contribution in [2.75, 3.05) is 5.32 Å². The standard InChI is InChI=1S/C20H20N4OS/c1-12-4-2-3-5-17(12)24-18(14-8-9-14)15(10-21-24)19(25)23-20-22-16(11-26-20)13-6-7-13/h2-5,10-11,13-14H,6-9H2,1H3,(H,22,23,25). The van der Waals surface area contributed by atoms with Crippen molar-refractivity contribution < 1.29 is 4.79 Å². The number of aryl methyl sites for hydroxylation is 1. The van der Waals surface area contributed by atoms with Crippen molar-refractivity contribution in [2.45, 2.75) is 44.4 Å². The van der Waals surface area contributed by atoms with Gasteiger partial charge in [-0.15, -0.1) is 11.3 Å². The Labute approximate surface area is 156 Å². The summed E-state index contributed by atoms with van der Waals surface area (Å²) in [4.78, 5) is 17.5. The van der Waals surface area contributed by atoms with E-state index in [1.807, 2.05) is 16.8 Å². The Morgan fingerprint density at radius 1 is 1.19 bits per heavy atom. The number of nitrogens with zero attached hydrogens (tertiary/aromatic N) is 3. The average Bonchev–Trinajstić information content (AvgIpc) is 3.57. The van der Waals surface area contributed by atoms with Crippen LogP contribution in [-0.2, 0) is 0 Å². The fourth-order valence-corrected chi connectivity index (χ4v) is 4.14. The highest BCUT2D eigenvalue weighted by molar-refractivity contribution is 7.14. The Hall–Kier alpha value is -2.47. The van der Waals surface area contributed by atoms with E-state index in [1.54, 1.807) is 6.20 Å². The van der Waals surface area contributed by atoms with Crippen LogP contribution in [0.25, 0.3) is 5.69 Å². The monoisotopic (exact) mass is 364 g/mol. The lowest BCUT2D eigenvalue weighted by atomic mass is 10.1. The number of aromatic nitrogens is 3. The largest absolute Gasteiger partial charge is 0.298 e. The third-order valence-corrected chi connectivity index (χ3v) is 5.87. The molecule has 132 valence electrons. The molecule has 0 saturated heterocycles. The number of carbonyl (C=O) groups excluding carboxylic acids is 1. The summed E-state index contributed by atoms with van der Waals surface area (Å²) in [6, 6.07) is 8.16. The van der Waals surface area contributed by atoms with Crippen LogP contribution in [0.1, 0.15) is 64.8 Å². The van der Waals surface area contributed by atoms with Gasteiger partial charge < -0.3 is 0 Å². The number of nitrogens with one attached hydrogen (secondary N) is 1. The van der Waals surface area contributed by atoms with Crippen molar-refractivity contribution in [2.24, 2.45) is 0 Å². The minimum Gasteiger partial charge on any atom is -0.298 e. The van der Waals surface area contributed by atoms with Gasteiger partial charge in [-0.1, -0.05) is 18.2 Å². The third-order valence-electron chi connectivity index (χ3n) is 5.10. The minimum absolute atomic E-state index is 0.108. The molecule has 2 fully saturated rings. The second kappa shape index (κ2) is 6.06. The SMILES string of the molecule is Cc1ccccc1-n1ncc(C(=O)Nc2nc(C3CC3)cs2)c1C1CC1. The lowest BCUT2D eigenvalue weighted by Gasteiger charge is -2.11. The van der Waals surface area contributed by atoms with Crippen molar-refractivity contribution in [1.29, 1.82) is 0 Å². The van der Waals surface area contributed by atoms with E-state index in [0.717, 1.165) is 35.5 Å². The van der Waals surface area contributed by atoms with Gasteiger partial charge in [0.1, 0.15) is 0 Å². The summed E-state index contributed by atoms with van der Waals surface area (Å²) in [5.41, 5.74) is 5.00. The molecule has 2 aliphatic carbocycles. The number of hydrogen-bond donors (Lipinski definition) is 1. The summed E-state index contributed by atoms with van der Waals surface area (Å²) in [5.74, 6) is 0.905. The van der Waals surface area contributed by atoms with E-state index in [9.17, 15) is 4.79 Å². The van der Waals surface area contributed by atoms with Gasteiger partial charge in [0.2, 0.25) is 0 Å². The maximum atomic E-state index is 12.9. The summed E-state index contributed by atoms with van der Waals surface area (Å²) in [7, 11) is 0. The molecule has 0 aliphatic heterocycles. The predicted octanol–water partition coefficient (Wildman–Crippen LogP) is 4.64. The number of para-hydroxylation sites is 1. The van der Waals surface area contributed by atoms with Crippen molar-refractivity contribution in [3.05, 3.63) is 58.4 Å². The van der Waals surface area contributed by atoms with Crippen molar-refractivity contribution in [1.82, 2.24) is 14.8 Å². The number of benzene rings is 1. The molecule has 6 heteroatoms. The van der Waals surface area contributed by atoms with Crippen LogP contribution in [0.4, 0.5) is 5.13 Å². The number of amides is 1. The summed E-state index contributed by atoms with van der Waals surface area (Å²) in [6.45, 7) is 2.07. The van der Waals surface area contributed by atoms with Gasteiger partial charge in [0, 0.05) is 17.2 Å². The topological polar surface area (TPSA) is 59.8 Å². The van der Waals surface area contributed by atoms with E-state index < -0.39 is 0 Å². The fourth-order valence-electron chi connectivity index (χ4n) is 3.35. The average molecular weight is 364 g/mol. The molecule has 1 amide bonds. The fraction of sp³-hybridized carbons (Fsp3) is 0.350. The van der Waals surface area contributed by atoms with Crippen molar-refractivity contribution in [3.8, 4) is 5.69 Å². The lowest BCUT2D eigenvalue weighted by molar-refractivity contribution is 0.102. The first-order valence-corrected chi connectivity index (χ1v) is 9.99. The summed E-state index contributed by atoms with van der Waals surface area (Å²) < 4.78 is 1.94. The molecule has 2 heterocycles. The number of carbonyl (C=O) groups is 1. The maximum absolute atomic E-state index is 12.9. The van der Waals surface area contributed by atoms with E-state index in [2.05, 4.69) is 39.8 Å². The zero-order valence-corrected chi connectivity index (χ0v) is 15.4. The van der Waals surface area contributed by atoms with Crippen LogP contribution < -0.4 is 5.32 Å². The molecule has 1 N–H and O–H groups in total. The number of rotatable bonds is 5. The Balaban J connectivity index is 1.46. The van der Waals surface area contributed by atoms with Crippen LogP contribution in [0.5, 0.6) is 0 Å². The van der Waals surface area contributed by atoms with Crippen LogP contribution in [0.3, 0.4) is 0 Å². The maximum Gasteiger partial charge on any atom is 0.260 e. The molecule has 0 unspecified atom stereocenters. The molecule has 5 nitrogen and oxygen atoms in total. The Morgan fingerprint density at radius 3 is 2.69 bits per heavy atom. The van der Waals surface area contributed by atoms with Gasteiger partial charge in [-0.2, -0.15) is 5.10 Å². The van der Waals surface area contributed by atoms with E-state index in [4.69, 9.17) is 0 Å². The summed E-state index contributed by atoms with van der Waals surface area (Å²) >= 11 is 1.51. The minimum atomic E-state index is -0.108. The third kappa shape index (κ3) is 2.84. The summed E-state index contributed by atoms with van der Waals surface area (Å²) in [6.07, 6.45) is 6.35. The van der Waals surface area contributed by atoms with Crippen molar-refractivity contribution >= 4 is 22.4 Å². The molecular weight excluding hydrogens is 344 g/mol. The first-order chi connectivity index (χ1) is 12.7. The van der Waals surface area contributed by atoms with Gasteiger partial charge >= 0.3 is 0 Å². The second-order valence-corrected chi connectivity index (χ2v) is 8.08. The molecule has 3 aromatic rings. The number of anilines is 1. The van der Waals surface area contributed by atoms with Gasteiger partial charge in [-0.25, -0.2) is 9.67 Å². The zero-order chi connectivity index (χ0) is 17.7. The zero-order valence-electron chi connectivity index (χ0n) is 14.6. The molecule has 26 heavy (non-hydrogen) atoms. The molecule has 2 aliphatic rings. The molecular formula is C20H20N4OS. The van der Waals surface area contributed by atoms with Gasteiger partial charge in [0.15, 0.2) is 5.13 Å². The molecule has 2 aromatic heterocycles. The van der Waals surface area contributed by atoms with Crippen molar-refractivity contribution in [3.63, 3.8) is 0 Å². The highest BCUT2D eigenvalue weighted by Crippen LogP contribution is 2.43. The molecule has 0 atom stereocenters. The number of hydrogen-bond acceptors (Lipinski definition) is 4. The molecule has 0 bridgehead atoms. The van der Waals surface area contributed by atoms with Gasteiger partial charge in [-0.3, -0.25) is 10.1 Å². The van der Waals surface area contributed by atoms with Crippen LogP contribution in [0, 0.1) is 6.92 Å². The molecule has 1 aromatic carbocycles. The van der Waals surface area contributed by atoms with Gasteiger partial charge in [-0.05, 0) is 44.2 Å². The Kier molecular flexibility index (Phi) is 3.67. The highest BCUT2D eigenvalue weighted by Gasteiger charge is 2.33. The Bertz CT molecular complexity index is 981. The molecule has 2 saturated carbocycles. The van der Waals surface area contributed by atoms with Crippen LogP contribution in [0.2, 0.25) is 0 Å². The van der Waals surface area contributed by atoms with Crippen LogP contribution in [-0.4, -0.2) is 20.7 Å². The van der Waals surface area contributed by atoms with Crippen LogP contribution in [0.15, 0.2) is 35.8 Å². The van der Waals surface area contributed by atoms with E-state index in [0.29, 0.717) is 22.5 Å². The first kappa shape index (κ1) is 15.8. The Morgan fingerprint density at radius 2 is 1.96 bits per heavy atom.